The quantitative estimate of drug-likeness (QED) is 0.185. The van der Waals surface area contributed by atoms with E-state index in [-0.39, 0.29) is 6.17 Å². The lowest BCUT2D eigenvalue weighted by Crippen LogP contribution is -2.27. The minimum Gasteiger partial charge on any atom is -0.358 e. The maximum absolute atomic E-state index is 5.07. The van der Waals surface area contributed by atoms with Crippen molar-refractivity contribution in [1.29, 1.82) is 0 Å². The predicted octanol–water partition coefficient (Wildman–Crippen LogP) is 13.5. The molecule has 0 amide bonds. The van der Waals surface area contributed by atoms with E-state index in [2.05, 4.69) is 203 Å². The number of aromatic nitrogens is 2. The van der Waals surface area contributed by atoms with E-state index in [1.165, 1.54) is 60.8 Å². The molecule has 4 heteroatoms. The Balaban J connectivity index is 0.989. The molecule has 0 saturated heterocycles. The molecule has 3 heterocycles. The van der Waals surface area contributed by atoms with Crippen molar-refractivity contribution in [3.8, 4) is 39.1 Å². The van der Waals surface area contributed by atoms with Gasteiger partial charge in [-0.25, -0.2) is 4.98 Å². The second kappa shape index (κ2) is 13.8. The molecule has 8 aromatic rings. The summed E-state index contributed by atoms with van der Waals surface area (Å²) in [6.07, 6.45) is 20.4. The molecule has 1 aliphatic heterocycles. The van der Waals surface area contributed by atoms with Crippen LogP contribution in [-0.2, 0) is 6.42 Å². The van der Waals surface area contributed by atoms with Gasteiger partial charge in [-0.1, -0.05) is 152 Å². The second-order valence-corrected chi connectivity index (χ2v) is 15.0. The van der Waals surface area contributed by atoms with Crippen LogP contribution in [-0.4, -0.2) is 9.55 Å². The number of nitrogens with one attached hydrogen (secondary N) is 1. The predicted molar refractivity (Wildman–Crippen MR) is 239 cm³/mol. The Bertz CT molecular complexity index is 2960. The average molecular weight is 733 g/mol. The van der Waals surface area contributed by atoms with E-state index in [1.54, 1.807) is 0 Å². The van der Waals surface area contributed by atoms with Crippen molar-refractivity contribution < 1.29 is 0 Å². The lowest BCUT2D eigenvalue weighted by Gasteiger charge is -2.27. The normalized spacial score (nSPS) is 15.7. The van der Waals surface area contributed by atoms with Crippen LogP contribution >= 0.6 is 0 Å². The molecule has 272 valence electrons. The summed E-state index contributed by atoms with van der Waals surface area (Å²) in [5.41, 5.74) is 15.7. The molecule has 0 bridgehead atoms. The summed E-state index contributed by atoms with van der Waals surface area (Å²) in [4.78, 5) is 7.43. The molecule has 0 spiro atoms. The van der Waals surface area contributed by atoms with Gasteiger partial charge in [-0.3, -0.25) is 4.90 Å². The number of benzene rings is 6. The molecular weight excluding hydrogens is 693 g/mol. The summed E-state index contributed by atoms with van der Waals surface area (Å²) in [5.74, 6) is 0.930. The summed E-state index contributed by atoms with van der Waals surface area (Å²) < 4.78 is 2.43. The Hall–Kier alpha value is -7.17. The number of para-hydroxylation sites is 1. The summed E-state index contributed by atoms with van der Waals surface area (Å²) in [6, 6.07) is 53.0. The molecule has 57 heavy (non-hydrogen) atoms. The smallest absolute Gasteiger partial charge is 0.159 e. The Labute approximate surface area is 333 Å². The van der Waals surface area contributed by atoms with Crippen molar-refractivity contribution in [3.63, 3.8) is 0 Å². The van der Waals surface area contributed by atoms with Crippen molar-refractivity contribution in [1.82, 2.24) is 9.55 Å². The molecule has 0 radical (unpaired) electrons. The number of fused-ring (bicyclic) bond motifs is 5. The minimum atomic E-state index is -0.150. The van der Waals surface area contributed by atoms with Crippen LogP contribution in [0.2, 0.25) is 0 Å². The number of hydrogen-bond acceptors (Lipinski definition) is 3. The van der Waals surface area contributed by atoms with Gasteiger partial charge in [-0.15, -0.1) is 0 Å². The van der Waals surface area contributed by atoms with Gasteiger partial charge in [0.15, 0.2) is 5.82 Å². The summed E-state index contributed by atoms with van der Waals surface area (Å²) in [6.45, 7) is 0. The SMILES string of the molecule is C1=CCC=C(N2c3nccc(-c4cccc(-n5c6c(c7ccccc75)CCC=C6)c4)c3NC2c2ccc(-c3ccc(-c4ccccc4)c4ccccc34)cc2)C=C1. The Morgan fingerprint density at radius 1 is 0.596 bits per heavy atom. The fraction of sp³-hybridized carbons (Fsp3) is 0.0755. The van der Waals surface area contributed by atoms with Gasteiger partial charge in [-0.2, -0.15) is 0 Å². The average Bonchev–Trinajstić information content (AvgIpc) is 3.70. The molecule has 4 nitrogen and oxygen atoms in total. The van der Waals surface area contributed by atoms with Gasteiger partial charge in [-0.05, 0) is 105 Å². The molecule has 3 aliphatic rings. The van der Waals surface area contributed by atoms with Crippen LogP contribution in [0.25, 0.3) is 66.8 Å². The molecule has 11 rings (SSSR count). The first-order valence-corrected chi connectivity index (χ1v) is 20.0. The summed E-state index contributed by atoms with van der Waals surface area (Å²) in [5, 5.41) is 7.84. The zero-order valence-corrected chi connectivity index (χ0v) is 31.5. The first-order chi connectivity index (χ1) is 28.3. The highest BCUT2D eigenvalue weighted by Crippen LogP contribution is 2.48. The fourth-order valence-electron chi connectivity index (χ4n) is 9.13. The molecule has 1 N–H and O–H groups in total. The third-order valence-electron chi connectivity index (χ3n) is 11.8. The minimum absolute atomic E-state index is 0.150. The van der Waals surface area contributed by atoms with Gasteiger partial charge in [0.05, 0.1) is 11.2 Å². The van der Waals surface area contributed by atoms with E-state index in [0.29, 0.717) is 0 Å². The number of allylic oxidation sites excluding steroid dienone is 6. The Kier molecular flexibility index (Phi) is 8.06. The lowest BCUT2D eigenvalue weighted by atomic mass is 9.92. The largest absolute Gasteiger partial charge is 0.358 e. The third-order valence-corrected chi connectivity index (χ3v) is 11.8. The molecule has 2 aliphatic carbocycles. The standard InChI is InChI=1S/C53H40N4/c1-2-7-19-40(18-6-1)57-52(38-29-27-37(28-30-38)43-32-31-42(36-15-4-3-5-16-36)45-21-8-9-22-46(43)45)55-51-44(33-34-54-53(51)57)39-17-14-20-41(35-39)56-49-25-12-10-23-47(49)48-24-11-13-26-50(48)56/h1-6,8-10,12-23,25-35,52,55H,7,11,24H2. The van der Waals surface area contributed by atoms with Crippen LogP contribution in [0.4, 0.5) is 11.5 Å². The summed E-state index contributed by atoms with van der Waals surface area (Å²) in [7, 11) is 0. The van der Waals surface area contributed by atoms with Crippen molar-refractivity contribution in [2.24, 2.45) is 0 Å². The molecule has 2 aromatic heterocycles. The van der Waals surface area contributed by atoms with Crippen LogP contribution in [0.5, 0.6) is 0 Å². The van der Waals surface area contributed by atoms with Crippen molar-refractivity contribution in [3.05, 3.63) is 211 Å². The maximum Gasteiger partial charge on any atom is 0.159 e. The Morgan fingerprint density at radius 2 is 1.33 bits per heavy atom. The van der Waals surface area contributed by atoms with Crippen LogP contribution in [0, 0.1) is 0 Å². The molecule has 1 atom stereocenters. The van der Waals surface area contributed by atoms with E-state index < -0.39 is 0 Å². The first-order valence-electron chi connectivity index (χ1n) is 20.0. The number of anilines is 2. The highest BCUT2D eigenvalue weighted by molar-refractivity contribution is 6.05. The van der Waals surface area contributed by atoms with Gasteiger partial charge < -0.3 is 9.88 Å². The zero-order chi connectivity index (χ0) is 37.7. The van der Waals surface area contributed by atoms with Gasteiger partial charge in [0.25, 0.3) is 0 Å². The van der Waals surface area contributed by atoms with Crippen LogP contribution in [0.1, 0.15) is 35.8 Å². The number of rotatable bonds is 6. The van der Waals surface area contributed by atoms with Crippen molar-refractivity contribution >= 4 is 39.3 Å². The van der Waals surface area contributed by atoms with E-state index >= 15 is 0 Å². The summed E-state index contributed by atoms with van der Waals surface area (Å²) >= 11 is 0. The number of aryl methyl sites for hydroxylation is 1. The third kappa shape index (κ3) is 5.64. The molecule has 0 fully saturated rings. The highest BCUT2D eigenvalue weighted by Gasteiger charge is 2.35. The zero-order valence-electron chi connectivity index (χ0n) is 31.5. The lowest BCUT2D eigenvalue weighted by molar-refractivity contribution is 0.792. The van der Waals surface area contributed by atoms with Crippen molar-refractivity contribution in [2.45, 2.75) is 25.4 Å². The first kappa shape index (κ1) is 33.2. The van der Waals surface area contributed by atoms with Gasteiger partial charge in [0.1, 0.15) is 6.17 Å². The van der Waals surface area contributed by atoms with E-state index in [9.17, 15) is 0 Å². The topological polar surface area (TPSA) is 33.1 Å². The number of nitrogens with zero attached hydrogens (tertiary/aromatic N) is 3. The van der Waals surface area contributed by atoms with Gasteiger partial charge >= 0.3 is 0 Å². The fourth-order valence-corrected chi connectivity index (χ4v) is 9.13. The number of pyridine rings is 1. The second-order valence-electron chi connectivity index (χ2n) is 15.0. The highest BCUT2D eigenvalue weighted by atomic mass is 15.4. The van der Waals surface area contributed by atoms with Crippen molar-refractivity contribution in [2.75, 3.05) is 10.2 Å². The monoisotopic (exact) mass is 732 g/mol. The van der Waals surface area contributed by atoms with Crippen LogP contribution in [0.15, 0.2) is 194 Å². The number of hydrogen-bond donors (Lipinski definition) is 1. The van der Waals surface area contributed by atoms with Gasteiger partial charge in [0, 0.05) is 34.2 Å². The molecule has 1 unspecified atom stereocenters. The van der Waals surface area contributed by atoms with E-state index in [1.807, 2.05) is 6.20 Å². The maximum atomic E-state index is 5.07. The van der Waals surface area contributed by atoms with E-state index in [0.717, 1.165) is 53.3 Å². The molecular formula is C53H40N4. The molecule has 6 aromatic carbocycles. The molecule has 0 saturated carbocycles. The van der Waals surface area contributed by atoms with E-state index in [4.69, 9.17) is 4.98 Å². The van der Waals surface area contributed by atoms with Crippen LogP contribution < -0.4 is 10.2 Å². The van der Waals surface area contributed by atoms with Gasteiger partial charge in [0.2, 0.25) is 0 Å². The Morgan fingerprint density at radius 3 is 2.16 bits per heavy atom. The van der Waals surface area contributed by atoms with Crippen LogP contribution in [0.3, 0.4) is 0 Å².